The van der Waals surface area contributed by atoms with Gasteiger partial charge in [-0.1, -0.05) is 11.6 Å². The Bertz CT molecular complexity index is 1030. The lowest BCUT2D eigenvalue weighted by molar-refractivity contribution is 0.203. The van der Waals surface area contributed by atoms with E-state index in [0.717, 1.165) is 12.1 Å². The summed E-state index contributed by atoms with van der Waals surface area (Å²) in [7, 11) is 0. The maximum Gasteiger partial charge on any atom is 0.289 e. The van der Waals surface area contributed by atoms with Crippen molar-refractivity contribution in [2.24, 2.45) is 4.99 Å². The number of aromatic nitrogens is 2. The first-order valence-corrected chi connectivity index (χ1v) is 8.80. The van der Waals surface area contributed by atoms with E-state index in [2.05, 4.69) is 20.3 Å². The zero-order chi connectivity index (χ0) is 19.7. The van der Waals surface area contributed by atoms with Crippen molar-refractivity contribution in [1.82, 2.24) is 9.97 Å². The van der Waals surface area contributed by atoms with E-state index < -0.39 is 17.4 Å². The van der Waals surface area contributed by atoms with Crippen molar-refractivity contribution in [2.75, 3.05) is 18.5 Å². The van der Waals surface area contributed by atoms with Gasteiger partial charge in [0, 0.05) is 36.6 Å². The number of H-pyrrole nitrogens is 1. The standard InChI is InChI=1S/C18H15ClF2N4O3/c19-11-7-23-17-15(11)14(1-3-22-17)28-16-12(20)5-10(6-13(16)21)25-18-24-9(8-26)2-4-27-18/h1,3,5-7,9,26H,2,4,8H2,(H,22,23)(H,24,25)/t9-/m1/s1. The highest BCUT2D eigenvalue weighted by molar-refractivity contribution is 6.36. The Morgan fingerprint density at radius 3 is 2.89 bits per heavy atom. The van der Waals surface area contributed by atoms with E-state index in [-0.39, 0.29) is 30.1 Å². The second kappa shape index (κ2) is 7.61. The molecule has 0 radical (unpaired) electrons. The van der Waals surface area contributed by atoms with Crippen LogP contribution in [-0.4, -0.2) is 40.4 Å². The zero-order valence-electron chi connectivity index (χ0n) is 14.4. The number of aliphatic hydroxyl groups is 1. The van der Waals surface area contributed by atoms with Crippen LogP contribution in [0.15, 0.2) is 35.6 Å². The molecule has 4 rings (SSSR count). The molecule has 3 N–H and O–H groups in total. The molecule has 0 spiro atoms. The van der Waals surface area contributed by atoms with Crippen LogP contribution in [0.5, 0.6) is 11.5 Å². The number of aromatic amines is 1. The Balaban J connectivity index is 1.61. The highest BCUT2D eigenvalue weighted by atomic mass is 35.5. The number of halogens is 3. The third-order valence-corrected chi connectivity index (χ3v) is 4.45. The van der Waals surface area contributed by atoms with E-state index in [1.165, 1.54) is 18.5 Å². The van der Waals surface area contributed by atoms with Crippen LogP contribution in [-0.2, 0) is 4.74 Å². The van der Waals surface area contributed by atoms with Gasteiger partial charge in [-0.05, 0) is 6.07 Å². The first-order chi connectivity index (χ1) is 13.5. The second-order valence-corrected chi connectivity index (χ2v) is 6.48. The Hall–Kier alpha value is -2.91. The fraction of sp³-hybridized carbons (Fsp3) is 0.222. The molecule has 10 heteroatoms. The van der Waals surface area contributed by atoms with Crippen molar-refractivity contribution in [3.05, 3.63) is 47.2 Å². The number of benzene rings is 1. The molecule has 7 nitrogen and oxygen atoms in total. The zero-order valence-corrected chi connectivity index (χ0v) is 15.1. The monoisotopic (exact) mass is 408 g/mol. The van der Waals surface area contributed by atoms with E-state index in [9.17, 15) is 13.9 Å². The third kappa shape index (κ3) is 3.58. The Labute approximate surface area is 163 Å². The quantitative estimate of drug-likeness (QED) is 0.610. The number of aliphatic hydroxyl groups excluding tert-OH is 1. The van der Waals surface area contributed by atoms with Gasteiger partial charge in [0.2, 0.25) is 0 Å². The fourth-order valence-electron chi connectivity index (χ4n) is 2.80. The number of nitrogens with zero attached hydrogens (tertiary/aromatic N) is 2. The number of anilines is 1. The van der Waals surface area contributed by atoms with Gasteiger partial charge in [-0.25, -0.2) is 18.8 Å². The van der Waals surface area contributed by atoms with Gasteiger partial charge < -0.3 is 24.9 Å². The molecule has 0 fully saturated rings. The second-order valence-electron chi connectivity index (χ2n) is 6.07. The molecule has 1 aliphatic heterocycles. The van der Waals surface area contributed by atoms with Crippen LogP contribution < -0.4 is 10.1 Å². The van der Waals surface area contributed by atoms with Gasteiger partial charge in [0.25, 0.3) is 6.02 Å². The van der Waals surface area contributed by atoms with E-state index in [0.29, 0.717) is 29.1 Å². The molecule has 0 bridgehead atoms. The molecule has 0 saturated heterocycles. The smallest absolute Gasteiger partial charge is 0.289 e. The van der Waals surface area contributed by atoms with Crippen LogP contribution in [0.25, 0.3) is 11.0 Å². The summed E-state index contributed by atoms with van der Waals surface area (Å²) in [5, 5.41) is 12.6. The van der Waals surface area contributed by atoms with E-state index in [4.69, 9.17) is 21.1 Å². The molecule has 1 atom stereocenters. The van der Waals surface area contributed by atoms with Crippen molar-refractivity contribution >= 4 is 34.3 Å². The lowest BCUT2D eigenvalue weighted by Crippen LogP contribution is -2.28. The summed E-state index contributed by atoms with van der Waals surface area (Å²) in [6.45, 7) is 0.213. The summed E-state index contributed by atoms with van der Waals surface area (Å²) < 4.78 is 39.8. The maximum atomic E-state index is 14.5. The van der Waals surface area contributed by atoms with Gasteiger partial charge in [0.05, 0.1) is 29.7 Å². The topological polar surface area (TPSA) is 91.8 Å². The average molecular weight is 409 g/mol. The summed E-state index contributed by atoms with van der Waals surface area (Å²) in [4.78, 5) is 11.0. The molecule has 146 valence electrons. The molecule has 1 aromatic carbocycles. The van der Waals surface area contributed by atoms with Crippen molar-refractivity contribution in [1.29, 1.82) is 0 Å². The predicted octanol–water partition coefficient (Wildman–Crippen LogP) is 3.84. The van der Waals surface area contributed by atoms with Crippen LogP contribution in [0.4, 0.5) is 14.5 Å². The van der Waals surface area contributed by atoms with Crippen LogP contribution in [0.3, 0.4) is 0 Å². The molecular formula is C18H15ClF2N4O3. The van der Waals surface area contributed by atoms with Crippen molar-refractivity contribution < 1.29 is 23.4 Å². The van der Waals surface area contributed by atoms with Crippen LogP contribution in [0, 0.1) is 11.6 Å². The number of rotatable bonds is 4. The Morgan fingerprint density at radius 2 is 2.14 bits per heavy atom. The number of pyridine rings is 1. The first kappa shape index (κ1) is 18.5. The molecule has 0 unspecified atom stereocenters. The van der Waals surface area contributed by atoms with Gasteiger partial charge in [-0.15, -0.1) is 0 Å². The number of fused-ring (bicyclic) bond motifs is 1. The molecule has 0 saturated carbocycles. The number of ether oxygens (including phenoxy) is 2. The third-order valence-electron chi connectivity index (χ3n) is 4.15. The summed E-state index contributed by atoms with van der Waals surface area (Å²) in [5.41, 5.74) is 0.534. The highest BCUT2D eigenvalue weighted by Crippen LogP contribution is 2.36. The SMILES string of the molecule is OC[C@H]1CCOC(Nc2cc(F)c(Oc3ccnc4[nH]cc(Cl)c34)c(F)c2)=N1. The molecule has 1 aliphatic rings. The average Bonchev–Trinajstić information content (AvgIpc) is 3.07. The van der Waals surface area contributed by atoms with Crippen LogP contribution in [0.2, 0.25) is 5.02 Å². The molecule has 28 heavy (non-hydrogen) atoms. The number of aliphatic imine (C=N–C) groups is 1. The van der Waals surface area contributed by atoms with Crippen molar-refractivity contribution in [3.63, 3.8) is 0 Å². The van der Waals surface area contributed by atoms with Gasteiger partial charge >= 0.3 is 0 Å². The maximum absolute atomic E-state index is 14.5. The number of nitrogens with one attached hydrogen (secondary N) is 2. The lowest BCUT2D eigenvalue weighted by Gasteiger charge is -2.20. The minimum atomic E-state index is -0.922. The minimum absolute atomic E-state index is 0.0905. The Morgan fingerprint density at radius 1 is 1.36 bits per heavy atom. The Kier molecular flexibility index (Phi) is 5.01. The summed E-state index contributed by atoms with van der Waals surface area (Å²) in [6.07, 6.45) is 3.52. The number of amidine groups is 1. The predicted molar refractivity (Wildman–Crippen MR) is 100 cm³/mol. The molecule has 3 aromatic rings. The summed E-state index contributed by atoms with van der Waals surface area (Å²) >= 11 is 6.09. The first-order valence-electron chi connectivity index (χ1n) is 8.42. The molecule has 0 aliphatic carbocycles. The van der Waals surface area contributed by atoms with Crippen LogP contribution in [0.1, 0.15) is 6.42 Å². The molecule has 2 aromatic heterocycles. The van der Waals surface area contributed by atoms with Crippen molar-refractivity contribution in [3.8, 4) is 11.5 Å². The summed E-state index contributed by atoms with van der Waals surface area (Å²) in [6, 6.07) is 3.36. The highest BCUT2D eigenvalue weighted by Gasteiger charge is 2.19. The number of hydrogen-bond acceptors (Lipinski definition) is 6. The van der Waals surface area contributed by atoms with Crippen molar-refractivity contribution in [2.45, 2.75) is 12.5 Å². The van der Waals surface area contributed by atoms with E-state index in [1.807, 2.05) is 0 Å². The largest absolute Gasteiger partial charge is 0.465 e. The van der Waals surface area contributed by atoms with E-state index >= 15 is 0 Å². The fourth-order valence-corrected chi connectivity index (χ4v) is 3.03. The van der Waals surface area contributed by atoms with Gasteiger partial charge in [-0.3, -0.25) is 0 Å². The number of hydrogen-bond donors (Lipinski definition) is 3. The molecular weight excluding hydrogens is 394 g/mol. The van der Waals surface area contributed by atoms with Gasteiger partial charge in [0.15, 0.2) is 17.4 Å². The summed E-state index contributed by atoms with van der Waals surface area (Å²) in [5.74, 6) is -2.25. The molecule has 0 amide bonds. The normalized spacial score (nSPS) is 16.6. The lowest BCUT2D eigenvalue weighted by atomic mass is 10.2. The van der Waals surface area contributed by atoms with E-state index in [1.54, 1.807) is 0 Å². The van der Waals surface area contributed by atoms with Gasteiger partial charge in [-0.2, -0.15) is 0 Å². The minimum Gasteiger partial charge on any atom is -0.465 e. The molecule has 3 heterocycles. The van der Waals surface area contributed by atoms with Crippen LogP contribution >= 0.6 is 11.6 Å². The van der Waals surface area contributed by atoms with Gasteiger partial charge in [0.1, 0.15) is 11.4 Å².